The van der Waals surface area contributed by atoms with Crippen molar-refractivity contribution in [3.63, 3.8) is 0 Å². The largest absolute Gasteiger partial charge is 0.414 e. The molecule has 0 aromatic heterocycles. The number of carbonyl (C=O) groups excluding carboxylic acids is 1. The van der Waals surface area contributed by atoms with E-state index in [1.165, 1.54) is 0 Å². The molecule has 2 nitrogen and oxygen atoms in total. The third kappa shape index (κ3) is 7.68. The number of Topliss-reactive ketones (excluding diaryl/α,β-unsaturated/α-hetero) is 1. The molecule has 0 saturated carbocycles. The quantitative estimate of drug-likeness (QED) is 0.661. The number of unbranched alkanes of at least 4 members (excludes halogenated alkanes) is 4. The first-order valence-corrected chi connectivity index (χ1v) is 5.64. The Hall–Kier alpha value is -0.580. The van der Waals surface area contributed by atoms with Gasteiger partial charge in [0.15, 0.2) is 6.10 Å². The molecule has 0 aromatic carbocycles. The molecule has 0 fully saturated rings. The average Bonchev–Trinajstić information content (AvgIpc) is 2.16. The molecule has 1 N–H and O–H groups in total. The van der Waals surface area contributed by atoms with Crippen LogP contribution in [0.15, 0.2) is 0 Å². The van der Waals surface area contributed by atoms with Crippen molar-refractivity contribution in [1.29, 1.82) is 0 Å². The number of aliphatic hydroxyl groups is 1. The second kappa shape index (κ2) is 7.65. The summed E-state index contributed by atoms with van der Waals surface area (Å²) in [6, 6.07) is 0. The lowest BCUT2D eigenvalue weighted by molar-refractivity contribution is -0.205. The van der Waals surface area contributed by atoms with Crippen LogP contribution in [0.5, 0.6) is 0 Å². The maximum absolute atomic E-state index is 11.9. The molecule has 1 atom stereocenters. The molecular weight excluding hydrogens is 221 g/mol. The zero-order valence-electron chi connectivity index (χ0n) is 9.52. The Morgan fingerprint density at radius 3 is 2.25 bits per heavy atom. The summed E-state index contributed by atoms with van der Waals surface area (Å²) in [7, 11) is 0. The molecule has 0 bridgehead atoms. The smallest absolute Gasteiger partial charge is 0.383 e. The first kappa shape index (κ1) is 15.4. The van der Waals surface area contributed by atoms with Crippen molar-refractivity contribution in [1.82, 2.24) is 0 Å². The van der Waals surface area contributed by atoms with Gasteiger partial charge < -0.3 is 5.11 Å². The van der Waals surface area contributed by atoms with Crippen LogP contribution < -0.4 is 0 Å². The van der Waals surface area contributed by atoms with Crippen LogP contribution in [0.2, 0.25) is 0 Å². The number of halogens is 3. The Bertz CT molecular complexity index is 202. The van der Waals surface area contributed by atoms with Gasteiger partial charge in [0.1, 0.15) is 5.78 Å². The van der Waals surface area contributed by atoms with Crippen LogP contribution >= 0.6 is 0 Å². The van der Waals surface area contributed by atoms with E-state index >= 15 is 0 Å². The Labute approximate surface area is 93.8 Å². The van der Waals surface area contributed by atoms with Gasteiger partial charge in [-0.1, -0.05) is 32.6 Å². The molecule has 0 aliphatic carbocycles. The molecule has 5 heteroatoms. The Morgan fingerprint density at radius 1 is 1.19 bits per heavy atom. The number of hydrogen-bond donors (Lipinski definition) is 1. The van der Waals surface area contributed by atoms with Crippen molar-refractivity contribution < 1.29 is 23.1 Å². The van der Waals surface area contributed by atoms with Gasteiger partial charge >= 0.3 is 6.18 Å². The molecule has 0 aliphatic heterocycles. The van der Waals surface area contributed by atoms with Gasteiger partial charge in [0.05, 0.1) is 0 Å². The highest BCUT2D eigenvalue weighted by molar-refractivity contribution is 5.78. The maximum atomic E-state index is 11.9. The SMILES string of the molecule is CCCCCCCC(=O)CC(O)C(F)(F)F. The van der Waals surface area contributed by atoms with E-state index in [9.17, 15) is 18.0 Å². The fourth-order valence-corrected chi connectivity index (χ4v) is 1.36. The summed E-state index contributed by atoms with van der Waals surface area (Å²) in [5, 5.41) is 8.65. The van der Waals surface area contributed by atoms with Crippen molar-refractivity contribution in [3.8, 4) is 0 Å². The zero-order valence-corrected chi connectivity index (χ0v) is 9.52. The summed E-state index contributed by atoms with van der Waals surface area (Å²) in [6.07, 6.45) is -3.21. The molecule has 1 unspecified atom stereocenters. The van der Waals surface area contributed by atoms with E-state index in [0.717, 1.165) is 25.7 Å². The summed E-state index contributed by atoms with van der Waals surface area (Å²) in [6.45, 7) is 2.06. The molecule has 0 spiro atoms. The normalized spacial score (nSPS) is 13.8. The van der Waals surface area contributed by atoms with E-state index in [1.807, 2.05) is 0 Å². The van der Waals surface area contributed by atoms with Crippen molar-refractivity contribution in [2.75, 3.05) is 0 Å². The third-order valence-corrected chi connectivity index (χ3v) is 2.36. The fraction of sp³-hybridized carbons (Fsp3) is 0.909. The first-order valence-electron chi connectivity index (χ1n) is 5.64. The maximum Gasteiger partial charge on any atom is 0.414 e. The molecule has 0 amide bonds. The number of hydrogen-bond acceptors (Lipinski definition) is 2. The van der Waals surface area contributed by atoms with Crippen LogP contribution in [0.25, 0.3) is 0 Å². The predicted octanol–water partition coefficient (Wildman–Crippen LogP) is 3.23. The summed E-state index contributed by atoms with van der Waals surface area (Å²) in [5.41, 5.74) is 0. The van der Waals surface area contributed by atoms with Gasteiger partial charge in [-0.05, 0) is 6.42 Å². The first-order chi connectivity index (χ1) is 7.38. The van der Waals surface area contributed by atoms with E-state index in [0.29, 0.717) is 6.42 Å². The molecule has 0 heterocycles. The van der Waals surface area contributed by atoms with Crippen LogP contribution in [0.1, 0.15) is 51.9 Å². The van der Waals surface area contributed by atoms with Crippen molar-refractivity contribution in [3.05, 3.63) is 0 Å². The summed E-state index contributed by atoms with van der Waals surface area (Å²) in [5.74, 6) is -0.513. The molecule has 16 heavy (non-hydrogen) atoms. The van der Waals surface area contributed by atoms with Crippen molar-refractivity contribution >= 4 is 5.78 Å². The lowest BCUT2D eigenvalue weighted by Crippen LogP contribution is -2.30. The lowest BCUT2D eigenvalue weighted by Gasteiger charge is -2.13. The number of aliphatic hydroxyl groups excluding tert-OH is 1. The van der Waals surface area contributed by atoms with Gasteiger partial charge in [-0.25, -0.2) is 0 Å². The van der Waals surface area contributed by atoms with Crippen LogP contribution in [-0.4, -0.2) is 23.2 Å². The Balaban J connectivity index is 3.59. The molecule has 0 rings (SSSR count). The number of rotatable bonds is 8. The van der Waals surface area contributed by atoms with Gasteiger partial charge in [0.25, 0.3) is 0 Å². The highest BCUT2D eigenvalue weighted by atomic mass is 19.4. The van der Waals surface area contributed by atoms with Crippen LogP contribution in [0.4, 0.5) is 13.2 Å². The standard InChI is InChI=1S/C11H19F3O2/c1-2-3-4-5-6-7-9(15)8-10(16)11(12,13)14/h10,16H,2-8H2,1H3. The molecule has 0 aliphatic rings. The topological polar surface area (TPSA) is 37.3 Å². The molecule has 0 saturated heterocycles. The van der Waals surface area contributed by atoms with Gasteiger partial charge in [-0.3, -0.25) is 4.79 Å². The Kier molecular flexibility index (Phi) is 7.38. The van der Waals surface area contributed by atoms with Gasteiger partial charge in [-0.15, -0.1) is 0 Å². The van der Waals surface area contributed by atoms with Crippen LogP contribution in [0, 0.1) is 0 Å². The second-order valence-corrected chi connectivity index (χ2v) is 3.96. The second-order valence-electron chi connectivity index (χ2n) is 3.96. The van der Waals surface area contributed by atoms with E-state index in [-0.39, 0.29) is 6.42 Å². The summed E-state index contributed by atoms with van der Waals surface area (Å²) in [4.78, 5) is 11.1. The minimum atomic E-state index is -4.68. The zero-order chi connectivity index (χ0) is 12.6. The molecule has 0 aromatic rings. The van der Waals surface area contributed by atoms with Crippen molar-refractivity contribution in [2.24, 2.45) is 0 Å². The lowest BCUT2D eigenvalue weighted by atomic mass is 10.1. The summed E-state index contributed by atoms with van der Waals surface area (Å²) >= 11 is 0. The highest BCUT2D eigenvalue weighted by Crippen LogP contribution is 2.23. The average molecular weight is 240 g/mol. The predicted molar refractivity (Wildman–Crippen MR) is 55.1 cm³/mol. The van der Waals surface area contributed by atoms with Crippen LogP contribution in [0.3, 0.4) is 0 Å². The number of ketones is 1. The van der Waals surface area contributed by atoms with E-state index in [1.54, 1.807) is 0 Å². The van der Waals surface area contributed by atoms with Gasteiger partial charge in [0, 0.05) is 12.8 Å². The number of alkyl halides is 3. The number of carbonyl (C=O) groups is 1. The van der Waals surface area contributed by atoms with E-state index in [2.05, 4.69) is 6.92 Å². The molecular formula is C11H19F3O2. The molecule has 96 valence electrons. The molecule has 0 radical (unpaired) electrons. The third-order valence-electron chi connectivity index (χ3n) is 2.36. The minimum Gasteiger partial charge on any atom is -0.383 e. The van der Waals surface area contributed by atoms with Crippen LogP contribution in [-0.2, 0) is 4.79 Å². The van der Waals surface area contributed by atoms with Gasteiger partial charge in [0.2, 0.25) is 0 Å². The van der Waals surface area contributed by atoms with E-state index in [4.69, 9.17) is 5.11 Å². The summed E-state index contributed by atoms with van der Waals surface area (Å²) < 4.78 is 35.7. The minimum absolute atomic E-state index is 0.136. The Morgan fingerprint density at radius 2 is 1.75 bits per heavy atom. The fourth-order valence-electron chi connectivity index (χ4n) is 1.36. The monoisotopic (exact) mass is 240 g/mol. The van der Waals surface area contributed by atoms with Crippen molar-refractivity contribution in [2.45, 2.75) is 64.1 Å². The van der Waals surface area contributed by atoms with Gasteiger partial charge in [-0.2, -0.15) is 13.2 Å². The highest BCUT2D eigenvalue weighted by Gasteiger charge is 2.39. The van der Waals surface area contributed by atoms with E-state index < -0.39 is 24.5 Å².